The number of nitrogens with zero attached hydrogens (tertiary/aromatic N) is 2. The number of nitrogens with two attached hydrogens (primary N) is 1. The summed E-state index contributed by atoms with van der Waals surface area (Å²) in [7, 11) is 0. The number of rotatable bonds is 2. The maximum absolute atomic E-state index is 5.49. The first kappa shape index (κ1) is 8.61. The molecule has 1 aliphatic heterocycles. The minimum Gasteiger partial charge on any atom is -0.325 e. The first-order chi connectivity index (χ1) is 6.31. The van der Waals surface area contributed by atoms with Crippen molar-refractivity contribution < 1.29 is 4.63 Å². The molecule has 1 aliphatic rings. The van der Waals surface area contributed by atoms with Crippen molar-refractivity contribution in [2.75, 3.05) is 0 Å². The van der Waals surface area contributed by atoms with Crippen molar-refractivity contribution in [2.24, 2.45) is 5.73 Å². The summed E-state index contributed by atoms with van der Waals surface area (Å²) in [5.74, 6) is 0. The van der Waals surface area contributed by atoms with Gasteiger partial charge in [-0.3, -0.25) is 5.43 Å². The molecule has 0 bridgehead atoms. The third kappa shape index (κ3) is 1.55. The summed E-state index contributed by atoms with van der Waals surface area (Å²) in [6.07, 6.45) is 0.973. The van der Waals surface area contributed by atoms with Crippen LogP contribution in [0.25, 0.3) is 0 Å². The second kappa shape index (κ2) is 3.41. The molecule has 13 heavy (non-hydrogen) atoms. The average molecular weight is 183 g/mol. The second-order valence-corrected chi connectivity index (χ2v) is 3.28. The van der Waals surface area contributed by atoms with Crippen molar-refractivity contribution in [1.82, 2.24) is 21.2 Å². The molecule has 0 radical (unpaired) electrons. The second-order valence-electron chi connectivity index (χ2n) is 3.28. The predicted molar refractivity (Wildman–Crippen MR) is 45.3 cm³/mol. The van der Waals surface area contributed by atoms with Gasteiger partial charge in [0.1, 0.15) is 11.4 Å². The molecule has 1 aromatic rings. The van der Waals surface area contributed by atoms with E-state index in [9.17, 15) is 0 Å². The van der Waals surface area contributed by atoms with E-state index in [0.29, 0.717) is 12.6 Å². The lowest BCUT2D eigenvalue weighted by molar-refractivity contribution is 0.297. The van der Waals surface area contributed by atoms with Gasteiger partial charge in [-0.15, -0.1) is 0 Å². The molecule has 0 aromatic carbocycles. The first-order valence-corrected chi connectivity index (χ1v) is 4.33. The summed E-state index contributed by atoms with van der Waals surface area (Å²) in [6, 6.07) is 0.604. The van der Waals surface area contributed by atoms with Crippen LogP contribution in [0.3, 0.4) is 0 Å². The molecule has 1 saturated heterocycles. The van der Waals surface area contributed by atoms with Crippen LogP contribution in [0.1, 0.15) is 30.8 Å². The Morgan fingerprint density at radius 1 is 1.54 bits per heavy atom. The predicted octanol–water partition coefficient (Wildman–Crippen LogP) is -0.544. The zero-order valence-electron chi connectivity index (χ0n) is 7.45. The molecule has 1 aromatic heterocycles. The number of hydrogen-bond acceptors (Lipinski definition) is 6. The Kier molecular flexibility index (Phi) is 2.26. The van der Waals surface area contributed by atoms with Gasteiger partial charge in [-0.25, -0.2) is 10.1 Å². The van der Waals surface area contributed by atoms with Crippen molar-refractivity contribution in [1.29, 1.82) is 0 Å². The Balaban J connectivity index is 2.16. The normalized spacial score (nSPS) is 28.2. The lowest BCUT2D eigenvalue weighted by Gasteiger charge is -2.04. The zero-order valence-corrected chi connectivity index (χ0v) is 7.45. The third-order valence-electron chi connectivity index (χ3n) is 2.20. The van der Waals surface area contributed by atoms with E-state index in [1.807, 2.05) is 0 Å². The summed E-state index contributed by atoms with van der Waals surface area (Å²) in [4.78, 5) is 0. The van der Waals surface area contributed by atoms with Crippen LogP contribution in [-0.4, -0.2) is 16.4 Å². The van der Waals surface area contributed by atoms with Crippen molar-refractivity contribution in [3.05, 3.63) is 11.4 Å². The van der Waals surface area contributed by atoms with Gasteiger partial charge < -0.3 is 5.73 Å². The lowest BCUT2D eigenvalue weighted by Crippen LogP contribution is -2.29. The first-order valence-electron chi connectivity index (χ1n) is 4.33. The fourth-order valence-electron chi connectivity index (χ4n) is 1.51. The minimum absolute atomic E-state index is 0.166. The summed E-state index contributed by atoms with van der Waals surface area (Å²) in [5, 5.41) is 7.56. The molecule has 72 valence electrons. The molecule has 1 fully saturated rings. The van der Waals surface area contributed by atoms with Gasteiger partial charge in [-0.2, -0.15) is 0 Å². The molecule has 0 amide bonds. The molecule has 2 unspecified atom stereocenters. The lowest BCUT2D eigenvalue weighted by atomic mass is 10.1. The van der Waals surface area contributed by atoms with E-state index in [1.54, 1.807) is 0 Å². The van der Waals surface area contributed by atoms with E-state index in [4.69, 9.17) is 5.73 Å². The van der Waals surface area contributed by atoms with E-state index in [1.165, 1.54) is 0 Å². The molecular weight excluding hydrogens is 170 g/mol. The zero-order chi connectivity index (χ0) is 9.26. The molecular formula is C7H13N5O. The highest BCUT2D eigenvalue weighted by atomic mass is 16.6. The number of hydrogen-bond donors (Lipinski definition) is 3. The van der Waals surface area contributed by atoms with E-state index < -0.39 is 0 Å². The van der Waals surface area contributed by atoms with Gasteiger partial charge in [0, 0.05) is 12.6 Å². The molecule has 2 atom stereocenters. The number of aromatic nitrogens is 2. The summed E-state index contributed by atoms with van der Waals surface area (Å²) in [6.45, 7) is 2.47. The Hall–Kier alpha value is -0.980. The SMILES string of the molecule is CC1CC(c2nonc2CN)NN1. The van der Waals surface area contributed by atoms with Crippen LogP contribution in [0.15, 0.2) is 4.63 Å². The van der Waals surface area contributed by atoms with Gasteiger partial charge in [0.05, 0.1) is 6.04 Å². The maximum atomic E-state index is 5.49. The summed E-state index contributed by atoms with van der Waals surface area (Å²) < 4.78 is 4.64. The van der Waals surface area contributed by atoms with Gasteiger partial charge >= 0.3 is 0 Å². The fourth-order valence-corrected chi connectivity index (χ4v) is 1.51. The Morgan fingerprint density at radius 2 is 2.38 bits per heavy atom. The molecule has 0 aliphatic carbocycles. The van der Waals surface area contributed by atoms with Crippen molar-refractivity contribution in [3.63, 3.8) is 0 Å². The van der Waals surface area contributed by atoms with Crippen molar-refractivity contribution >= 4 is 0 Å². The highest BCUT2D eigenvalue weighted by molar-refractivity contribution is 5.13. The van der Waals surface area contributed by atoms with Gasteiger partial charge in [-0.05, 0) is 13.3 Å². The molecule has 4 N–H and O–H groups in total. The highest BCUT2D eigenvalue weighted by Crippen LogP contribution is 2.21. The topological polar surface area (TPSA) is 89.0 Å². The van der Waals surface area contributed by atoms with Crippen LogP contribution in [0.5, 0.6) is 0 Å². The molecule has 2 heterocycles. The van der Waals surface area contributed by atoms with Gasteiger partial charge in [0.15, 0.2) is 0 Å². The van der Waals surface area contributed by atoms with Gasteiger partial charge in [-0.1, -0.05) is 10.3 Å². The van der Waals surface area contributed by atoms with E-state index >= 15 is 0 Å². The van der Waals surface area contributed by atoms with Crippen LogP contribution in [0, 0.1) is 0 Å². The summed E-state index contributed by atoms with van der Waals surface area (Å²) >= 11 is 0. The third-order valence-corrected chi connectivity index (χ3v) is 2.20. The molecule has 0 spiro atoms. The highest BCUT2D eigenvalue weighted by Gasteiger charge is 2.26. The van der Waals surface area contributed by atoms with Crippen LogP contribution in [0.2, 0.25) is 0 Å². The molecule has 6 nitrogen and oxygen atoms in total. The van der Waals surface area contributed by atoms with Crippen LogP contribution in [0.4, 0.5) is 0 Å². The number of hydrazine groups is 1. The fraction of sp³-hybridized carbons (Fsp3) is 0.714. The quantitative estimate of drug-likeness (QED) is 0.570. The van der Waals surface area contributed by atoms with Crippen LogP contribution in [-0.2, 0) is 6.54 Å². The largest absolute Gasteiger partial charge is 0.325 e. The van der Waals surface area contributed by atoms with E-state index in [-0.39, 0.29) is 6.04 Å². The van der Waals surface area contributed by atoms with Crippen molar-refractivity contribution in [2.45, 2.75) is 32.0 Å². The molecule has 2 rings (SSSR count). The van der Waals surface area contributed by atoms with Crippen molar-refractivity contribution in [3.8, 4) is 0 Å². The van der Waals surface area contributed by atoms with E-state index in [2.05, 4.69) is 32.7 Å². The maximum Gasteiger partial charge on any atom is 0.128 e. The Morgan fingerprint density at radius 3 is 3.00 bits per heavy atom. The Bertz CT molecular complexity index is 286. The average Bonchev–Trinajstić information content (AvgIpc) is 2.71. The monoisotopic (exact) mass is 183 g/mol. The van der Waals surface area contributed by atoms with Gasteiger partial charge in [0.2, 0.25) is 0 Å². The number of nitrogens with one attached hydrogen (secondary N) is 2. The van der Waals surface area contributed by atoms with E-state index in [0.717, 1.165) is 17.8 Å². The smallest absolute Gasteiger partial charge is 0.128 e. The Labute approximate surface area is 75.8 Å². The summed E-state index contributed by atoms with van der Waals surface area (Å²) in [5.41, 5.74) is 13.3. The van der Waals surface area contributed by atoms with Gasteiger partial charge in [0.25, 0.3) is 0 Å². The molecule has 0 saturated carbocycles. The van der Waals surface area contributed by atoms with Crippen LogP contribution >= 0.6 is 0 Å². The minimum atomic E-state index is 0.166. The van der Waals surface area contributed by atoms with Crippen LogP contribution < -0.4 is 16.6 Å². The molecule has 6 heteroatoms. The standard InChI is InChI=1S/C7H13N5O/c1-4-2-5(10-9-4)7-6(3-8)11-13-12-7/h4-5,9-10H,2-3,8H2,1H3.